The van der Waals surface area contributed by atoms with E-state index in [4.69, 9.17) is 23.1 Å². The molecule has 0 spiro atoms. The summed E-state index contributed by atoms with van der Waals surface area (Å²) < 4.78 is 28.2. The average Bonchev–Trinajstić information content (AvgIpc) is 3.12. The molecule has 0 aromatic carbocycles. The molecular weight excluding hydrogens is 416 g/mol. The molecule has 10 nitrogen and oxygen atoms in total. The van der Waals surface area contributed by atoms with Gasteiger partial charge in [0.1, 0.15) is 17.2 Å². The highest BCUT2D eigenvalue weighted by Crippen LogP contribution is 2.34. The van der Waals surface area contributed by atoms with E-state index in [0.717, 1.165) is 12.8 Å². The lowest BCUT2D eigenvalue weighted by atomic mass is 9.91. The quantitative estimate of drug-likeness (QED) is 0.618. The van der Waals surface area contributed by atoms with Crippen molar-refractivity contribution in [1.82, 2.24) is 24.6 Å². The first kappa shape index (κ1) is 19.8. The molecule has 0 aliphatic carbocycles. The monoisotopic (exact) mass is 436 g/mol. The summed E-state index contributed by atoms with van der Waals surface area (Å²) in [6.45, 7) is 5.04. The normalized spacial score (nSPS) is 17.0. The summed E-state index contributed by atoms with van der Waals surface area (Å²) in [6.07, 6.45) is 4.24. The van der Waals surface area contributed by atoms with Crippen molar-refractivity contribution in [3.8, 4) is 0 Å². The Kier molecular flexibility index (Phi) is 4.63. The van der Waals surface area contributed by atoms with Crippen molar-refractivity contribution in [2.45, 2.75) is 42.1 Å². The standard InChI is InChI=1S/C17H21ClN8O2S/c1-10-16(29(27,28)11-3-6-21-13(19)12(11)18)26-9-22-24-15(26)14(23-10)25-7-4-17(2,20)5-8-25/h3,6,9H,4-5,7-8,20H2,1-2H3,(H2,19,21). The summed E-state index contributed by atoms with van der Waals surface area (Å²) in [5.41, 5.74) is 12.4. The minimum Gasteiger partial charge on any atom is -0.382 e. The van der Waals surface area contributed by atoms with E-state index in [1.165, 1.54) is 23.0 Å². The topological polar surface area (TPSA) is 145 Å². The molecule has 0 atom stereocenters. The Hall–Kier alpha value is -2.50. The van der Waals surface area contributed by atoms with E-state index in [0.29, 0.717) is 30.2 Å². The Bertz CT molecular complexity index is 1200. The van der Waals surface area contributed by atoms with Crippen LogP contribution in [0.2, 0.25) is 5.02 Å². The van der Waals surface area contributed by atoms with Gasteiger partial charge in [0.2, 0.25) is 15.5 Å². The van der Waals surface area contributed by atoms with Crippen molar-refractivity contribution >= 4 is 38.7 Å². The lowest BCUT2D eigenvalue weighted by molar-refractivity contribution is 0.363. The zero-order chi connectivity index (χ0) is 21.0. The van der Waals surface area contributed by atoms with Gasteiger partial charge >= 0.3 is 0 Å². The van der Waals surface area contributed by atoms with Crippen LogP contribution in [0.3, 0.4) is 0 Å². The molecule has 1 aliphatic rings. The summed E-state index contributed by atoms with van der Waals surface area (Å²) in [4.78, 5) is 10.3. The van der Waals surface area contributed by atoms with Gasteiger partial charge in [0.25, 0.3) is 0 Å². The molecule has 29 heavy (non-hydrogen) atoms. The van der Waals surface area contributed by atoms with Gasteiger partial charge in [-0.2, -0.15) is 0 Å². The number of nitrogens with zero attached hydrogens (tertiary/aromatic N) is 6. The Morgan fingerprint density at radius 2 is 1.97 bits per heavy atom. The number of anilines is 2. The van der Waals surface area contributed by atoms with Crippen LogP contribution in [0.5, 0.6) is 0 Å². The van der Waals surface area contributed by atoms with E-state index < -0.39 is 9.84 Å². The number of pyridine rings is 1. The molecule has 4 N–H and O–H groups in total. The lowest BCUT2D eigenvalue weighted by Crippen LogP contribution is -2.48. The van der Waals surface area contributed by atoms with E-state index in [1.807, 2.05) is 6.92 Å². The van der Waals surface area contributed by atoms with Gasteiger partial charge in [-0.25, -0.2) is 18.4 Å². The van der Waals surface area contributed by atoms with Crippen molar-refractivity contribution in [3.05, 3.63) is 29.3 Å². The largest absolute Gasteiger partial charge is 0.382 e. The fourth-order valence-corrected chi connectivity index (χ4v) is 5.52. The number of rotatable bonds is 3. The van der Waals surface area contributed by atoms with E-state index >= 15 is 0 Å². The molecule has 0 amide bonds. The number of halogens is 1. The molecule has 154 valence electrons. The first-order chi connectivity index (χ1) is 13.6. The second-order valence-electron chi connectivity index (χ2n) is 7.50. The zero-order valence-electron chi connectivity index (χ0n) is 16.0. The molecule has 0 radical (unpaired) electrons. The number of nitrogens with two attached hydrogens (primary N) is 2. The van der Waals surface area contributed by atoms with Gasteiger partial charge in [0, 0.05) is 24.8 Å². The van der Waals surface area contributed by atoms with Crippen LogP contribution in [0, 0.1) is 6.92 Å². The maximum absolute atomic E-state index is 13.4. The number of hydrogen-bond acceptors (Lipinski definition) is 9. The fourth-order valence-electron chi connectivity index (χ4n) is 3.49. The van der Waals surface area contributed by atoms with Crippen molar-refractivity contribution < 1.29 is 8.42 Å². The highest BCUT2D eigenvalue weighted by Gasteiger charge is 2.32. The second-order valence-corrected chi connectivity index (χ2v) is 9.71. The molecule has 1 aliphatic heterocycles. The lowest BCUT2D eigenvalue weighted by Gasteiger charge is -2.37. The molecule has 4 rings (SSSR count). The average molecular weight is 437 g/mol. The molecule has 3 aromatic heterocycles. The van der Waals surface area contributed by atoms with E-state index in [1.54, 1.807) is 6.92 Å². The van der Waals surface area contributed by atoms with Crippen LogP contribution in [0.1, 0.15) is 25.5 Å². The van der Waals surface area contributed by atoms with Crippen molar-refractivity contribution in [1.29, 1.82) is 0 Å². The Labute approximate surface area is 172 Å². The third-order valence-corrected chi connectivity index (χ3v) is 7.61. The minimum absolute atomic E-state index is 0.0607. The first-order valence-electron chi connectivity index (χ1n) is 9.01. The van der Waals surface area contributed by atoms with Gasteiger partial charge in [-0.15, -0.1) is 10.2 Å². The van der Waals surface area contributed by atoms with Gasteiger partial charge in [-0.05, 0) is 32.8 Å². The Morgan fingerprint density at radius 3 is 2.66 bits per heavy atom. The third-order valence-electron chi connectivity index (χ3n) is 5.18. The summed E-state index contributed by atoms with van der Waals surface area (Å²) >= 11 is 6.14. The molecule has 1 fully saturated rings. The van der Waals surface area contributed by atoms with Gasteiger partial charge in [0.15, 0.2) is 10.8 Å². The van der Waals surface area contributed by atoms with E-state index in [-0.39, 0.29) is 26.3 Å². The number of aromatic nitrogens is 5. The van der Waals surface area contributed by atoms with Crippen LogP contribution >= 0.6 is 11.6 Å². The molecular formula is C17H21ClN8O2S. The molecule has 12 heteroatoms. The van der Waals surface area contributed by atoms with Gasteiger partial charge in [0.05, 0.1) is 10.6 Å². The SMILES string of the molecule is Cc1nc(N2CCC(C)(N)CC2)c2nncn2c1S(=O)(=O)c1ccnc(N)c1Cl. The smallest absolute Gasteiger partial charge is 0.225 e. The van der Waals surface area contributed by atoms with Crippen molar-refractivity contribution in [2.75, 3.05) is 23.7 Å². The fraction of sp³-hybridized carbons (Fsp3) is 0.412. The van der Waals surface area contributed by atoms with Gasteiger partial charge in [-0.3, -0.25) is 4.40 Å². The minimum atomic E-state index is -4.06. The maximum Gasteiger partial charge on any atom is 0.225 e. The van der Waals surface area contributed by atoms with Gasteiger partial charge in [-0.1, -0.05) is 11.6 Å². The van der Waals surface area contributed by atoms with Crippen molar-refractivity contribution in [2.24, 2.45) is 5.73 Å². The van der Waals surface area contributed by atoms with Crippen molar-refractivity contribution in [3.63, 3.8) is 0 Å². The highest BCUT2D eigenvalue weighted by atomic mass is 35.5. The van der Waals surface area contributed by atoms with Crippen LogP contribution in [0.15, 0.2) is 28.5 Å². The summed E-state index contributed by atoms with van der Waals surface area (Å²) in [5.74, 6) is 0.517. The number of nitrogen functional groups attached to an aromatic ring is 1. The molecule has 1 saturated heterocycles. The van der Waals surface area contributed by atoms with Crippen LogP contribution < -0.4 is 16.4 Å². The summed E-state index contributed by atoms with van der Waals surface area (Å²) in [6, 6.07) is 1.31. The van der Waals surface area contributed by atoms with E-state index in [2.05, 4.69) is 25.1 Å². The number of piperidine rings is 1. The number of sulfone groups is 1. The Morgan fingerprint density at radius 1 is 1.28 bits per heavy atom. The van der Waals surface area contributed by atoms with Crippen LogP contribution in [0.4, 0.5) is 11.6 Å². The van der Waals surface area contributed by atoms with Gasteiger partial charge < -0.3 is 16.4 Å². The molecule has 0 bridgehead atoms. The predicted octanol–water partition coefficient (Wildman–Crippen LogP) is 1.21. The number of hydrogen-bond donors (Lipinski definition) is 2. The molecule has 4 heterocycles. The first-order valence-corrected chi connectivity index (χ1v) is 10.9. The molecule has 0 saturated carbocycles. The maximum atomic E-state index is 13.4. The van der Waals surface area contributed by atoms with Crippen LogP contribution in [0.25, 0.3) is 5.65 Å². The highest BCUT2D eigenvalue weighted by molar-refractivity contribution is 7.91. The second kappa shape index (κ2) is 6.78. The molecule has 0 unspecified atom stereocenters. The predicted molar refractivity (Wildman–Crippen MR) is 109 cm³/mol. The molecule has 3 aromatic rings. The third kappa shape index (κ3) is 3.28. The van der Waals surface area contributed by atoms with E-state index in [9.17, 15) is 8.42 Å². The zero-order valence-corrected chi connectivity index (χ0v) is 17.6. The summed E-state index contributed by atoms with van der Waals surface area (Å²) in [5, 5.41) is 7.85. The van der Waals surface area contributed by atoms with Crippen LogP contribution in [-0.2, 0) is 9.84 Å². The Balaban J connectivity index is 1.87. The number of aryl methyl sites for hydroxylation is 1. The van der Waals surface area contributed by atoms with Crippen LogP contribution in [-0.4, -0.2) is 51.6 Å². The number of fused-ring (bicyclic) bond motifs is 1. The summed E-state index contributed by atoms with van der Waals surface area (Å²) in [7, 11) is -4.06.